The molecule has 0 aliphatic carbocycles. The van der Waals surface area contributed by atoms with Crippen LogP contribution < -0.4 is 5.73 Å². The molecule has 0 saturated carbocycles. The molecule has 13 heavy (non-hydrogen) atoms. The van der Waals surface area contributed by atoms with Crippen molar-refractivity contribution in [3.05, 3.63) is 34.1 Å². The van der Waals surface area contributed by atoms with E-state index in [1.807, 2.05) is 6.07 Å². The average molecular weight is 243 g/mol. The molecule has 0 radical (unpaired) electrons. The van der Waals surface area contributed by atoms with E-state index >= 15 is 0 Å². The summed E-state index contributed by atoms with van der Waals surface area (Å²) in [6.45, 7) is 0. The van der Waals surface area contributed by atoms with E-state index in [4.69, 9.17) is 11.0 Å². The lowest BCUT2D eigenvalue weighted by Gasteiger charge is -2.07. The third-order valence-electron chi connectivity index (χ3n) is 1.62. The lowest BCUT2D eigenvalue weighted by Crippen LogP contribution is -2.09. The molecule has 0 unspecified atom stereocenters. The zero-order valence-corrected chi connectivity index (χ0v) is 8.38. The largest absolute Gasteiger partial charge is 0.323 e. The van der Waals surface area contributed by atoms with Crippen LogP contribution in [-0.2, 0) is 0 Å². The molecule has 0 aliphatic rings. The molecule has 4 heteroatoms. The molecule has 2 N–H and O–H groups in total. The summed E-state index contributed by atoms with van der Waals surface area (Å²) in [6.07, 6.45) is 0.190. The van der Waals surface area contributed by atoms with E-state index in [0.29, 0.717) is 10.0 Å². The van der Waals surface area contributed by atoms with Gasteiger partial charge in [0, 0.05) is 10.5 Å². The Bertz CT molecular complexity index is 326. The predicted octanol–water partition coefficient (Wildman–Crippen LogP) is 2.50. The Labute approximate surface area is 84.3 Å². The highest BCUT2D eigenvalue weighted by molar-refractivity contribution is 9.10. The lowest BCUT2D eigenvalue weighted by atomic mass is 10.1. The molecule has 68 valence electrons. The van der Waals surface area contributed by atoms with Crippen LogP contribution >= 0.6 is 15.9 Å². The zero-order valence-electron chi connectivity index (χ0n) is 6.80. The van der Waals surface area contributed by atoms with Gasteiger partial charge in [-0.1, -0.05) is 15.9 Å². The van der Waals surface area contributed by atoms with Crippen molar-refractivity contribution in [1.29, 1.82) is 5.26 Å². The number of hydrogen-bond donors (Lipinski definition) is 1. The topological polar surface area (TPSA) is 49.8 Å². The monoisotopic (exact) mass is 242 g/mol. The van der Waals surface area contributed by atoms with E-state index in [1.165, 1.54) is 12.1 Å². The molecule has 1 rings (SSSR count). The Morgan fingerprint density at radius 3 is 2.77 bits per heavy atom. The second-order valence-corrected chi connectivity index (χ2v) is 3.59. The molecule has 0 saturated heterocycles. The van der Waals surface area contributed by atoms with Crippen molar-refractivity contribution in [2.24, 2.45) is 5.73 Å². The highest BCUT2D eigenvalue weighted by atomic mass is 79.9. The highest BCUT2D eigenvalue weighted by Crippen LogP contribution is 2.20. The fraction of sp³-hybridized carbons (Fsp3) is 0.222. The van der Waals surface area contributed by atoms with Crippen molar-refractivity contribution in [1.82, 2.24) is 0 Å². The SMILES string of the molecule is N#CC[C@@H](N)c1cc(F)cc(Br)c1. The number of nitrogens with zero attached hydrogens (tertiary/aromatic N) is 1. The van der Waals surface area contributed by atoms with Gasteiger partial charge < -0.3 is 5.73 Å². The lowest BCUT2D eigenvalue weighted by molar-refractivity contribution is 0.619. The molecule has 0 aromatic heterocycles. The van der Waals surface area contributed by atoms with E-state index < -0.39 is 6.04 Å². The first kappa shape index (κ1) is 10.2. The maximum absolute atomic E-state index is 12.9. The van der Waals surface area contributed by atoms with Gasteiger partial charge in [-0.3, -0.25) is 0 Å². The maximum atomic E-state index is 12.9. The van der Waals surface area contributed by atoms with Gasteiger partial charge in [0.25, 0.3) is 0 Å². The number of nitriles is 1. The maximum Gasteiger partial charge on any atom is 0.124 e. The first-order chi connectivity index (χ1) is 6.13. The number of benzene rings is 1. The van der Waals surface area contributed by atoms with Crippen molar-refractivity contribution in [3.8, 4) is 6.07 Å². The summed E-state index contributed by atoms with van der Waals surface area (Å²) in [5.74, 6) is -0.349. The average Bonchev–Trinajstić information content (AvgIpc) is 2.03. The van der Waals surface area contributed by atoms with Crippen LogP contribution in [0.1, 0.15) is 18.0 Å². The minimum absolute atomic E-state index is 0.190. The molecule has 0 spiro atoms. The van der Waals surface area contributed by atoms with Crippen LogP contribution in [0.4, 0.5) is 4.39 Å². The van der Waals surface area contributed by atoms with Gasteiger partial charge >= 0.3 is 0 Å². The van der Waals surface area contributed by atoms with Crippen LogP contribution in [0, 0.1) is 17.1 Å². The van der Waals surface area contributed by atoms with Crippen molar-refractivity contribution in [2.45, 2.75) is 12.5 Å². The van der Waals surface area contributed by atoms with Gasteiger partial charge in [0.2, 0.25) is 0 Å². The van der Waals surface area contributed by atoms with Crippen LogP contribution in [0.3, 0.4) is 0 Å². The van der Waals surface area contributed by atoms with Gasteiger partial charge in [-0.2, -0.15) is 5.26 Å². The van der Waals surface area contributed by atoms with E-state index in [9.17, 15) is 4.39 Å². The van der Waals surface area contributed by atoms with Crippen molar-refractivity contribution >= 4 is 15.9 Å². The summed E-state index contributed by atoms with van der Waals surface area (Å²) in [7, 11) is 0. The molecular formula is C9H8BrFN2. The Balaban J connectivity index is 2.95. The van der Waals surface area contributed by atoms with Crippen LogP contribution in [0.25, 0.3) is 0 Å². The molecule has 0 bridgehead atoms. The molecular weight excluding hydrogens is 235 g/mol. The molecule has 1 aromatic carbocycles. The molecule has 0 amide bonds. The third kappa shape index (κ3) is 2.79. The number of nitrogens with two attached hydrogens (primary N) is 1. The van der Waals surface area contributed by atoms with Crippen LogP contribution in [0.2, 0.25) is 0 Å². The number of rotatable bonds is 2. The second kappa shape index (κ2) is 4.35. The van der Waals surface area contributed by atoms with Gasteiger partial charge in [0.05, 0.1) is 12.5 Å². The number of hydrogen-bond acceptors (Lipinski definition) is 2. The second-order valence-electron chi connectivity index (χ2n) is 2.67. The minimum atomic E-state index is -0.419. The summed E-state index contributed by atoms with van der Waals surface area (Å²) < 4.78 is 13.5. The van der Waals surface area contributed by atoms with Crippen LogP contribution in [0.5, 0.6) is 0 Å². The van der Waals surface area contributed by atoms with Gasteiger partial charge in [0.1, 0.15) is 5.82 Å². The molecule has 0 fully saturated rings. The summed E-state index contributed by atoms with van der Waals surface area (Å²) in [6, 6.07) is 5.93. The van der Waals surface area contributed by atoms with Crippen molar-refractivity contribution < 1.29 is 4.39 Å². The molecule has 1 aromatic rings. The van der Waals surface area contributed by atoms with E-state index in [1.54, 1.807) is 6.07 Å². The first-order valence-electron chi connectivity index (χ1n) is 3.72. The Morgan fingerprint density at radius 2 is 2.23 bits per heavy atom. The first-order valence-corrected chi connectivity index (χ1v) is 4.51. The van der Waals surface area contributed by atoms with Gasteiger partial charge in [0.15, 0.2) is 0 Å². The van der Waals surface area contributed by atoms with Crippen LogP contribution in [-0.4, -0.2) is 0 Å². The molecule has 1 atom stereocenters. The Kier molecular flexibility index (Phi) is 3.40. The Morgan fingerprint density at radius 1 is 1.54 bits per heavy atom. The smallest absolute Gasteiger partial charge is 0.124 e. The minimum Gasteiger partial charge on any atom is -0.323 e. The third-order valence-corrected chi connectivity index (χ3v) is 2.08. The summed E-state index contributed by atoms with van der Waals surface area (Å²) in [5.41, 5.74) is 6.27. The number of halogens is 2. The normalized spacial score (nSPS) is 12.2. The van der Waals surface area contributed by atoms with Gasteiger partial charge in [-0.25, -0.2) is 4.39 Å². The predicted molar refractivity (Wildman–Crippen MR) is 51.3 cm³/mol. The quantitative estimate of drug-likeness (QED) is 0.867. The van der Waals surface area contributed by atoms with E-state index in [-0.39, 0.29) is 12.2 Å². The van der Waals surface area contributed by atoms with E-state index in [0.717, 1.165) is 0 Å². The van der Waals surface area contributed by atoms with Crippen molar-refractivity contribution in [3.63, 3.8) is 0 Å². The molecule has 0 heterocycles. The molecule has 0 aliphatic heterocycles. The van der Waals surface area contributed by atoms with Gasteiger partial charge in [-0.15, -0.1) is 0 Å². The zero-order chi connectivity index (χ0) is 9.84. The summed E-state index contributed by atoms with van der Waals surface area (Å²) >= 11 is 3.15. The molecule has 2 nitrogen and oxygen atoms in total. The van der Waals surface area contributed by atoms with Crippen LogP contribution in [0.15, 0.2) is 22.7 Å². The standard InChI is InChI=1S/C9H8BrFN2/c10-7-3-6(4-8(11)5-7)9(13)1-2-12/h3-5,9H,1,13H2/t9-/m1/s1. The summed E-state index contributed by atoms with van der Waals surface area (Å²) in [5, 5.41) is 8.40. The fourth-order valence-corrected chi connectivity index (χ4v) is 1.49. The van der Waals surface area contributed by atoms with Crippen molar-refractivity contribution in [2.75, 3.05) is 0 Å². The Hall–Kier alpha value is -0.920. The fourth-order valence-electron chi connectivity index (χ4n) is 1.01. The van der Waals surface area contributed by atoms with Gasteiger partial charge in [-0.05, 0) is 23.8 Å². The summed E-state index contributed by atoms with van der Waals surface area (Å²) in [4.78, 5) is 0. The highest BCUT2D eigenvalue weighted by Gasteiger charge is 2.07. The van der Waals surface area contributed by atoms with E-state index in [2.05, 4.69) is 15.9 Å².